The van der Waals surface area contributed by atoms with Gasteiger partial charge in [0.15, 0.2) is 0 Å². The Morgan fingerprint density at radius 3 is 2.67 bits per heavy atom. The van der Waals surface area contributed by atoms with E-state index in [9.17, 15) is 4.79 Å². The molecule has 0 saturated carbocycles. The van der Waals surface area contributed by atoms with Crippen molar-refractivity contribution in [3.05, 3.63) is 65.7 Å². The smallest absolute Gasteiger partial charge is 0.278 e. The van der Waals surface area contributed by atoms with Crippen LogP contribution in [-0.2, 0) is 0 Å². The molecule has 0 radical (unpaired) electrons. The Morgan fingerprint density at radius 2 is 1.96 bits per heavy atom. The molecule has 0 spiro atoms. The lowest BCUT2D eigenvalue weighted by Crippen LogP contribution is -2.12. The fraction of sp³-hybridized carbons (Fsp3) is 0.111. The molecule has 1 amide bonds. The number of nitrogens with one attached hydrogen (secondary N) is 1. The Bertz CT molecular complexity index is 801. The summed E-state index contributed by atoms with van der Waals surface area (Å²) in [5.74, 6) is 1.08. The van der Waals surface area contributed by atoms with Crippen LogP contribution in [0.3, 0.4) is 0 Å². The predicted octanol–water partition coefficient (Wildman–Crippen LogP) is 4.59. The monoisotopic (exact) mass is 340 g/mol. The van der Waals surface area contributed by atoms with E-state index in [1.165, 1.54) is 11.3 Å². The Hall–Kier alpha value is -2.86. The van der Waals surface area contributed by atoms with Crippen LogP contribution in [0.5, 0.6) is 16.7 Å². The number of thiazole rings is 1. The van der Waals surface area contributed by atoms with E-state index in [-0.39, 0.29) is 5.91 Å². The van der Waals surface area contributed by atoms with Crippen molar-refractivity contribution in [2.75, 3.05) is 11.9 Å². The number of rotatable bonds is 6. The van der Waals surface area contributed by atoms with E-state index in [2.05, 4.69) is 10.3 Å². The number of hydrogen-bond donors (Lipinski definition) is 1. The van der Waals surface area contributed by atoms with E-state index in [0.717, 1.165) is 0 Å². The van der Waals surface area contributed by atoms with Crippen molar-refractivity contribution in [2.45, 2.75) is 6.92 Å². The second kappa shape index (κ2) is 7.61. The molecule has 5 nitrogen and oxygen atoms in total. The van der Waals surface area contributed by atoms with Gasteiger partial charge in [-0.15, -0.1) is 0 Å². The van der Waals surface area contributed by atoms with Gasteiger partial charge < -0.3 is 14.8 Å². The van der Waals surface area contributed by atoms with Crippen LogP contribution in [0.4, 0.5) is 5.69 Å². The summed E-state index contributed by atoms with van der Waals surface area (Å²) in [5, 5.41) is 5.27. The summed E-state index contributed by atoms with van der Waals surface area (Å²) in [4.78, 5) is 16.4. The van der Waals surface area contributed by atoms with E-state index >= 15 is 0 Å². The molecule has 24 heavy (non-hydrogen) atoms. The molecule has 0 saturated heterocycles. The van der Waals surface area contributed by atoms with Crippen LogP contribution in [0.15, 0.2) is 60.1 Å². The van der Waals surface area contributed by atoms with Crippen molar-refractivity contribution in [3.63, 3.8) is 0 Å². The number of ether oxygens (including phenoxy) is 2. The first-order valence-corrected chi connectivity index (χ1v) is 8.35. The molecule has 2 aromatic carbocycles. The maximum absolute atomic E-state index is 12.4. The molecule has 1 aromatic heterocycles. The zero-order valence-corrected chi connectivity index (χ0v) is 13.9. The minimum absolute atomic E-state index is 0.206. The number of hydrogen-bond acceptors (Lipinski definition) is 5. The lowest BCUT2D eigenvalue weighted by Gasteiger charge is -2.11. The highest BCUT2D eigenvalue weighted by molar-refractivity contribution is 7.11. The van der Waals surface area contributed by atoms with Gasteiger partial charge in [0.1, 0.15) is 11.5 Å². The summed E-state index contributed by atoms with van der Waals surface area (Å²) in [6.45, 7) is 2.44. The fourth-order valence-corrected chi connectivity index (χ4v) is 2.59. The number of para-hydroxylation sites is 2. The van der Waals surface area contributed by atoms with E-state index < -0.39 is 0 Å². The van der Waals surface area contributed by atoms with Gasteiger partial charge in [0, 0.05) is 17.1 Å². The quantitative estimate of drug-likeness (QED) is 0.713. The molecule has 0 bridgehead atoms. The zero-order chi connectivity index (χ0) is 16.8. The van der Waals surface area contributed by atoms with Gasteiger partial charge in [-0.25, -0.2) is 4.98 Å². The van der Waals surface area contributed by atoms with Gasteiger partial charge >= 0.3 is 0 Å². The number of anilines is 1. The number of carbonyl (C=O) groups excluding carboxylic acids is 1. The molecule has 1 N–H and O–H groups in total. The Balaban J connectivity index is 1.69. The van der Waals surface area contributed by atoms with Crippen LogP contribution in [0.25, 0.3) is 0 Å². The summed E-state index contributed by atoms with van der Waals surface area (Å²) in [6, 6.07) is 14.3. The molecular formula is C18H16N2O3S. The fourth-order valence-electron chi connectivity index (χ4n) is 2.08. The molecule has 1 heterocycles. The van der Waals surface area contributed by atoms with Crippen LogP contribution in [0.2, 0.25) is 0 Å². The van der Waals surface area contributed by atoms with Gasteiger partial charge in [0.25, 0.3) is 11.1 Å². The van der Waals surface area contributed by atoms with Crippen molar-refractivity contribution in [2.24, 2.45) is 0 Å². The number of carbonyl (C=O) groups is 1. The van der Waals surface area contributed by atoms with Gasteiger partial charge in [-0.2, -0.15) is 0 Å². The minimum Gasteiger partial charge on any atom is -0.492 e. The van der Waals surface area contributed by atoms with Crippen LogP contribution < -0.4 is 14.8 Å². The van der Waals surface area contributed by atoms with Crippen molar-refractivity contribution >= 4 is 22.9 Å². The Morgan fingerprint density at radius 1 is 1.17 bits per heavy atom. The molecular weight excluding hydrogens is 324 g/mol. The number of aromatic nitrogens is 1. The Kier molecular flexibility index (Phi) is 5.08. The van der Waals surface area contributed by atoms with E-state index in [1.54, 1.807) is 30.5 Å². The third kappa shape index (κ3) is 3.91. The van der Waals surface area contributed by atoms with Gasteiger partial charge in [0.2, 0.25) is 0 Å². The van der Waals surface area contributed by atoms with Crippen LogP contribution in [-0.4, -0.2) is 17.5 Å². The minimum atomic E-state index is -0.206. The molecule has 0 aliphatic carbocycles. The normalized spacial score (nSPS) is 10.2. The molecule has 0 aliphatic rings. The van der Waals surface area contributed by atoms with Crippen molar-refractivity contribution in [1.82, 2.24) is 4.98 Å². The van der Waals surface area contributed by atoms with Crippen LogP contribution >= 0.6 is 11.3 Å². The summed E-state index contributed by atoms with van der Waals surface area (Å²) in [6.07, 6.45) is 1.68. The average molecular weight is 340 g/mol. The van der Waals surface area contributed by atoms with E-state index in [4.69, 9.17) is 9.47 Å². The summed E-state index contributed by atoms with van der Waals surface area (Å²) in [5.41, 5.74) is 1.18. The maximum atomic E-state index is 12.4. The molecule has 0 fully saturated rings. The first-order chi connectivity index (χ1) is 11.8. The summed E-state index contributed by atoms with van der Waals surface area (Å²) in [7, 11) is 0. The third-order valence-electron chi connectivity index (χ3n) is 3.17. The standard InChI is InChI=1S/C18H16N2O3S/c1-2-22-16-6-4-3-5-15(16)20-17(21)13-7-9-14(10-8-13)23-18-19-11-12-24-18/h3-12H,2H2,1H3,(H,20,21). The van der Waals surface area contributed by atoms with Gasteiger partial charge in [-0.3, -0.25) is 4.79 Å². The number of benzene rings is 2. The molecule has 0 unspecified atom stereocenters. The highest BCUT2D eigenvalue weighted by Gasteiger charge is 2.10. The SMILES string of the molecule is CCOc1ccccc1NC(=O)c1ccc(Oc2nccs2)cc1. The number of nitrogens with zero attached hydrogens (tertiary/aromatic N) is 1. The highest BCUT2D eigenvalue weighted by Crippen LogP contribution is 2.26. The van der Waals surface area contributed by atoms with E-state index in [0.29, 0.717) is 34.6 Å². The van der Waals surface area contributed by atoms with Crippen molar-refractivity contribution < 1.29 is 14.3 Å². The predicted molar refractivity (Wildman–Crippen MR) is 94.2 cm³/mol. The molecule has 0 atom stereocenters. The van der Waals surface area contributed by atoms with Gasteiger partial charge in [-0.05, 0) is 43.3 Å². The maximum Gasteiger partial charge on any atom is 0.278 e. The van der Waals surface area contributed by atoms with Crippen LogP contribution in [0.1, 0.15) is 17.3 Å². The first-order valence-electron chi connectivity index (χ1n) is 7.47. The molecule has 122 valence electrons. The average Bonchev–Trinajstić information content (AvgIpc) is 3.10. The molecule has 3 rings (SSSR count). The molecule has 0 aliphatic heterocycles. The van der Waals surface area contributed by atoms with E-state index in [1.807, 2.05) is 36.6 Å². The number of amides is 1. The summed E-state index contributed by atoms with van der Waals surface area (Å²) >= 11 is 1.41. The molecule has 3 aromatic rings. The van der Waals surface area contributed by atoms with Gasteiger partial charge in [-0.1, -0.05) is 23.5 Å². The largest absolute Gasteiger partial charge is 0.492 e. The topological polar surface area (TPSA) is 60.5 Å². The Labute approximate surface area is 143 Å². The van der Waals surface area contributed by atoms with Gasteiger partial charge in [0.05, 0.1) is 12.3 Å². The second-order valence-electron chi connectivity index (χ2n) is 4.81. The lowest BCUT2D eigenvalue weighted by atomic mass is 10.2. The van der Waals surface area contributed by atoms with Crippen LogP contribution in [0, 0.1) is 0 Å². The molecule has 6 heteroatoms. The summed E-state index contributed by atoms with van der Waals surface area (Å²) < 4.78 is 11.1. The van der Waals surface area contributed by atoms with Crippen molar-refractivity contribution in [3.8, 4) is 16.7 Å². The highest BCUT2D eigenvalue weighted by atomic mass is 32.1. The van der Waals surface area contributed by atoms with Crippen molar-refractivity contribution in [1.29, 1.82) is 0 Å². The lowest BCUT2D eigenvalue weighted by molar-refractivity contribution is 0.102. The first kappa shape index (κ1) is 16.0. The third-order valence-corrected chi connectivity index (χ3v) is 3.81. The second-order valence-corrected chi connectivity index (χ2v) is 5.66. The zero-order valence-electron chi connectivity index (χ0n) is 13.1.